The van der Waals surface area contributed by atoms with Crippen LogP contribution in [0.4, 0.5) is 0 Å². The van der Waals surface area contributed by atoms with E-state index >= 15 is 0 Å². The monoisotopic (exact) mass is 284 g/mol. The number of carbonyl (C=O) groups is 1. The van der Waals surface area contributed by atoms with Crippen LogP contribution in [0.5, 0.6) is 0 Å². The maximum atomic E-state index is 12.4. The first-order valence-electron chi connectivity index (χ1n) is 8.08. The molecule has 20 heavy (non-hydrogen) atoms. The Hall–Kier alpha value is -0.610. The number of amides is 1. The quantitative estimate of drug-likeness (QED) is 0.745. The molecular weight excluding hydrogens is 252 g/mol. The molecule has 1 heterocycles. The Bertz CT molecular complexity index is 286. The molecule has 0 aromatic heterocycles. The molecule has 1 saturated heterocycles. The first-order chi connectivity index (χ1) is 9.48. The van der Waals surface area contributed by atoms with Crippen LogP contribution in [-0.4, -0.2) is 43.2 Å². The Morgan fingerprint density at radius 1 is 1.40 bits per heavy atom. The Kier molecular flexibility index (Phi) is 7.52. The highest BCUT2D eigenvalue weighted by atomic mass is 16.5. The largest absolute Gasteiger partial charge is 0.378 e. The van der Waals surface area contributed by atoms with Crippen LogP contribution in [0.2, 0.25) is 0 Å². The van der Waals surface area contributed by atoms with Gasteiger partial charge in [0.05, 0.1) is 6.10 Å². The van der Waals surface area contributed by atoms with E-state index in [9.17, 15) is 4.79 Å². The van der Waals surface area contributed by atoms with Crippen molar-refractivity contribution in [1.82, 2.24) is 4.90 Å². The third kappa shape index (κ3) is 6.23. The van der Waals surface area contributed by atoms with E-state index in [1.54, 1.807) is 0 Å². The molecule has 1 unspecified atom stereocenters. The first kappa shape index (κ1) is 17.4. The molecule has 1 amide bonds. The molecule has 0 radical (unpaired) electrons. The average molecular weight is 284 g/mol. The summed E-state index contributed by atoms with van der Waals surface area (Å²) in [5.41, 5.74) is 5.78. The van der Waals surface area contributed by atoms with E-state index in [-0.39, 0.29) is 11.3 Å². The highest BCUT2D eigenvalue weighted by Gasteiger charge is 2.24. The predicted molar refractivity (Wildman–Crippen MR) is 82.5 cm³/mol. The summed E-state index contributed by atoms with van der Waals surface area (Å²) < 4.78 is 5.70. The van der Waals surface area contributed by atoms with Crippen LogP contribution >= 0.6 is 0 Å². The molecule has 0 aromatic carbocycles. The van der Waals surface area contributed by atoms with Gasteiger partial charge in [-0.1, -0.05) is 20.8 Å². The van der Waals surface area contributed by atoms with Crippen LogP contribution in [0.25, 0.3) is 0 Å². The molecule has 1 fully saturated rings. The van der Waals surface area contributed by atoms with E-state index < -0.39 is 0 Å². The van der Waals surface area contributed by atoms with Crippen molar-refractivity contribution in [1.29, 1.82) is 0 Å². The van der Waals surface area contributed by atoms with Crippen molar-refractivity contribution in [2.24, 2.45) is 11.1 Å². The summed E-state index contributed by atoms with van der Waals surface area (Å²) in [6, 6.07) is 0. The fourth-order valence-corrected chi connectivity index (χ4v) is 2.62. The molecule has 0 saturated carbocycles. The van der Waals surface area contributed by atoms with E-state index in [4.69, 9.17) is 10.5 Å². The topological polar surface area (TPSA) is 55.6 Å². The van der Waals surface area contributed by atoms with E-state index in [1.165, 1.54) is 6.42 Å². The lowest BCUT2D eigenvalue weighted by molar-refractivity contribution is -0.133. The van der Waals surface area contributed by atoms with Gasteiger partial charge in [0.1, 0.15) is 0 Å². The number of nitrogens with zero attached hydrogens (tertiary/aromatic N) is 1. The lowest BCUT2D eigenvalue weighted by Crippen LogP contribution is -2.42. The predicted octanol–water partition coefficient (Wildman–Crippen LogP) is 2.56. The molecule has 4 nitrogen and oxygen atoms in total. The zero-order chi connectivity index (χ0) is 15.0. The van der Waals surface area contributed by atoms with Crippen molar-refractivity contribution < 1.29 is 9.53 Å². The van der Waals surface area contributed by atoms with Gasteiger partial charge in [0.25, 0.3) is 0 Å². The second-order valence-electron chi connectivity index (χ2n) is 6.71. The molecule has 4 heteroatoms. The SMILES string of the molecule is CCCN(CC(C)(C)CN)C(=O)CCC1CCCCO1. The van der Waals surface area contributed by atoms with Crippen molar-refractivity contribution in [3.63, 3.8) is 0 Å². The van der Waals surface area contributed by atoms with Crippen LogP contribution in [0, 0.1) is 5.41 Å². The molecule has 1 aliphatic rings. The van der Waals surface area contributed by atoms with Crippen molar-refractivity contribution in [3.05, 3.63) is 0 Å². The average Bonchev–Trinajstić information content (AvgIpc) is 2.45. The minimum absolute atomic E-state index is 0.00777. The van der Waals surface area contributed by atoms with Gasteiger partial charge in [-0.2, -0.15) is 0 Å². The Morgan fingerprint density at radius 3 is 2.70 bits per heavy atom. The Balaban J connectivity index is 2.42. The Labute approximate surface area is 124 Å². The van der Waals surface area contributed by atoms with Crippen LogP contribution in [0.1, 0.15) is 59.3 Å². The molecule has 0 spiro atoms. The first-order valence-corrected chi connectivity index (χ1v) is 8.08. The molecule has 118 valence electrons. The number of hydrogen-bond acceptors (Lipinski definition) is 3. The number of rotatable bonds is 8. The standard InChI is InChI=1S/C16H32N2O2/c1-4-10-18(13-16(2,3)12-17)15(19)9-8-14-7-5-6-11-20-14/h14H,4-13,17H2,1-3H3. The second kappa shape index (κ2) is 8.63. The summed E-state index contributed by atoms with van der Waals surface area (Å²) in [6.07, 6.45) is 6.25. The highest BCUT2D eigenvalue weighted by molar-refractivity contribution is 5.76. The van der Waals surface area contributed by atoms with Gasteiger partial charge in [-0.05, 0) is 44.1 Å². The van der Waals surface area contributed by atoms with Gasteiger partial charge in [-0.25, -0.2) is 0 Å². The van der Waals surface area contributed by atoms with Crippen LogP contribution in [-0.2, 0) is 9.53 Å². The number of hydrogen-bond donors (Lipinski definition) is 1. The van der Waals surface area contributed by atoms with Gasteiger partial charge in [0.15, 0.2) is 0 Å². The summed E-state index contributed by atoms with van der Waals surface area (Å²) >= 11 is 0. The van der Waals surface area contributed by atoms with Crippen molar-refractivity contribution in [2.75, 3.05) is 26.2 Å². The highest BCUT2D eigenvalue weighted by Crippen LogP contribution is 2.19. The fraction of sp³-hybridized carbons (Fsp3) is 0.938. The second-order valence-corrected chi connectivity index (χ2v) is 6.71. The van der Waals surface area contributed by atoms with E-state index in [2.05, 4.69) is 20.8 Å². The minimum Gasteiger partial charge on any atom is -0.378 e. The Morgan fingerprint density at radius 2 is 2.15 bits per heavy atom. The van der Waals surface area contributed by atoms with Gasteiger partial charge in [-0.15, -0.1) is 0 Å². The molecule has 1 aliphatic heterocycles. The van der Waals surface area contributed by atoms with Crippen molar-refractivity contribution >= 4 is 5.91 Å². The van der Waals surface area contributed by atoms with Crippen LogP contribution in [0.3, 0.4) is 0 Å². The minimum atomic E-state index is -0.00777. The van der Waals surface area contributed by atoms with Gasteiger partial charge in [0, 0.05) is 26.1 Å². The lowest BCUT2D eigenvalue weighted by atomic mass is 9.92. The molecule has 2 N–H and O–H groups in total. The van der Waals surface area contributed by atoms with E-state index in [1.807, 2.05) is 4.90 Å². The van der Waals surface area contributed by atoms with Crippen LogP contribution < -0.4 is 5.73 Å². The van der Waals surface area contributed by atoms with E-state index in [0.717, 1.165) is 45.4 Å². The van der Waals surface area contributed by atoms with E-state index in [0.29, 0.717) is 19.1 Å². The van der Waals surface area contributed by atoms with Crippen molar-refractivity contribution in [3.8, 4) is 0 Å². The summed E-state index contributed by atoms with van der Waals surface area (Å²) in [5.74, 6) is 0.252. The summed E-state index contributed by atoms with van der Waals surface area (Å²) in [7, 11) is 0. The summed E-state index contributed by atoms with van der Waals surface area (Å²) in [4.78, 5) is 14.4. The van der Waals surface area contributed by atoms with Crippen LogP contribution in [0.15, 0.2) is 0 Å². The maximum Gasteiger partial charge on any atom is 0.222 e. The summed E-state index contributed by atoms with van der Waals surface area (Å²) in [6.45, 7) is 9.39. The maximum absolute atomic E-state index is 12.4. The van der Waals surface area contributed by atoms with Gasteiger partial charge in [0.2, 0.25) is 5.91 Å². The molecule has 0 aliphatic carbocycles. The third-order valence-electron chi connectivity index (χ3n) is 3.97. The molecular formula is C16H32N2O2. The molecule has 1 rings (SSSR count). The molecule has 1 atom stereocenters. The zero-order valence-electron chi connectivity index (χ0n) is 13.5. The fourth-order valence-electron chi connectivity index (χ4n) is 2.62. The molecule has 0 bridgehead atoms. The van der Waals surface area contributed by atoms with Crippen molar-refractivity contribution in [2.45, 2.75) is 65.4 Å². The van der Waals surface area contributed by atoms with Gasteiger partial charge < -0.3 is 15.4 Å². The van der Waals surface area contributed by atoms with Gasteiger partial charge in [-0.3, -0.25) is 4.79 Å². The zero-order valence-corrected chi connectivity index (χ0v) is 13.5. The summed E-state index contributed by atoms with van der Waals surface area (Å²) in [5, 5.41) is 0. The lowest BCUT2D eigenvalue weighted by Gasteiger charge is -2.32. The normalized spacial score (nSPS) is 19.9. The number of carbonyl (C=O) groups excluding carboxylic acids is 1. The number of nitrogens with two attached hydrogens (primary N) is 1. The van der Waals surface area contributed by atoms with Gasteiger partial charge >= 0.3 is 0 Å². The molecule has 0 aromatic rings. The third-order valence-corrected chi connectivity index (χ3v) is 3.97. The number of ether oxygens (including phenoxy) is 1. The smallest absolute Gasteiger partial charge is 0.222 e.